The normalized spacial score (nSPS) is 20.4. The topological polar surface area (TPSA) is 53.3 Å². The van der Waals surface area contributed by atoms with Crippen molar-refractivity contribution < 1.29 is 9.53 Å². The van der Waals surface area contributed by atoms with Crippen LogP contribution in [0.5, 0.6) is 5.75 Å². The molecule has 2 aromatic rings. The maximum Gasteiger partial charge on any atom is 0.193 e. The first kappa shape index (κ1) is 19.1. The average Bonchev–Trinajstić information content (AvgIpc) is 3.14. The molecule has 30 heavy (non-hydrogen) atoms. The smallest absolute Gasteiger partial charge is 0.193 e. The number of benzene rings is 2. The van der Waals surface area contributed by atoms with Crippen LogP contribution in [0, 0.1) is 11.3 Å². The number of piperidine rings is 1. The largest absolute Gasteiger partial charge is 0.490 e. The van der Waals surface area contributed by atoms with Crippen LogP contribution < -0.4 is 4.74 Å². The van der Waals surface area contributed by atoms with Crippen LogP contribution in [0.3, 0.4) is 0 Å². The van der Waals surface area contributed by atoms with Crippen molar-refractivity contribution in [2.45, 2.75) is 44.6 Å². The van der Waals surface area contributed by atoms with E-state index in [4.69, 9.17) is 4.74 Å². The van der Waals surface area contributed by atoms with Gasteiger partial charge in [-0.25, -0.2) is 0 Å². The molecule has 0 radical (unpaired) electrons. The van der Waals surface area contributed by atoms with E-state index in [1.165, 1.54) is 0 Å². The van der Waals surface area contributed by atoms with Crippen molar-refractivity contribution in [3.63, 3.8) is 0 Å². The quantitative estimate of drug-likeness (QED) is 0.747. The van der Waals surface area contributed by atoms with E-state index in [-0.39, 0.29) is 17.3 Å². The molecule has 152 valence electrons. The number of nitrogens with zero attached hydrogens (tertiary/aromatic N) is 2. The van der Waals surface area contributed by atoms with E-state index in [0.29, 0.717) is 5.56 Å². The Morgan fingerprint density at radius 2 is 1.83 bits per heavy atom. The summed E-state index contributed by atoms with van der Waals surface area (Å²) in [6.45, 7) is 6.51. The van der Waals surface area contributed by atoms with Gasteiger partial charge in [0.1, 0.15) is 11.9 Å². The van der Waals surface area contributed by atoms with Crippen LogP contribution >= 0.6 is 0 Å². The molecule has 2 aliphatic carbocycles. The molecule has 0 saturated carbocycles. The number of carbonyl (C=O) groups is 1. The number of rotatable bonds is 2. The lowest BCUT2D eigenvalue weighted by Gasteiger charge is -2.35. The van der Waals surface area contributed by atoms with Crippen molar-refractivity contribution in [2.75, 3.05) is 20.1 Å². The molecule has 0 N–H and O–H groups in total. The molecule has 0 amide bonds. The maximum atomic E-state index is 13.5. The number of likely N-dealkylation sites (tertiary alicyclic amines) is 1. The third-order valence-electron chi connectivity index (χ3n) is 7.03. The van der Waals surface area contributed by atoms with Gasteiger partial charge in [-0.15, -0.1) is 0 Å². The Hall–Kier alpha value is -2.90. The molecule has 2 aromatic carbocycles. The molecule has 0 spiro atoms. The van der Waals surface area contributed by atoms with Crippen LogP contribution in [-0.4, -0.2) is 36.9 Å². The molecule has 0 unspecified atom stereocenters. The molecule has 4 heteroatoms. The van der Waals surface area contributed by atoms with E-state index in [0.717, 1.165) is 71.5 Å². The Balaban J connectivity index is 1.50. The fourth-order valence-electron chi connectivity index (χ4n) is 5.19. The second-order valence-electron chi connectivity index (χ2n) is 9.30. The lowest BCUT2D eigenvalue weighted by Crippen LogP contribution is -2.35. The first-order valence-electron chi connectivity index (χ1n) is 10.7. The SMILES string of the molecule is CN1CCC(Oc2ccc3c(c2)C(C)(C)C2=C(C3=O)c3ccc(C#N)cc3C2)CC1. The Labute approximate surface area is 177 Å². The van der Waals surface area contributed by atoms with Gasteiger partial charge >= 0.3 is 0 Å². The first-order chi connectivity index (χ1) is 14.4. The van der Waals surface area contributed by atoms with Crippen molar-refractivity contribution in [3.05, 3.63) is 69.8 Å². The van der Waals surface area contributed by atoms with Crippen molar-refractivity contribution in [2.24, 2.45) is 0 Å². The van der Waals surface area contributed by atoms with E-state index < -0.39 is 0 Å². The Morgan fingerprint density at radius 1 is 1.10 bits per heavy atom. The van der Waals surface area contributed by atoms with Gasteiger partial charge in [0.25, 0.3) is 0 Å². The molecule has 0 atom stereocenters. The highest BCUT2D eigenvalue weighted by Crippen LogP contribution is 2.50. The number of Topliss-reactive ketones (excluding diaryl/α,β-unsaturated/α-hetero) is 1. The fraction of sp³-hybridized carbons (Fsp3) is 0.385. The van der Waals surface area contributed by atoms with Gasteiger partial charge in [0.15, 0.2) is 5.78 Å². The molecule has 0 bridgehead atoms. The summed E-state index contributed by atoms with van der Waals surface area (Å²) in [6.07, 6.45) is 3.01. The number of nitriles is 1. The third kappa shape index (κ3) is 2.88. The highest BCUT2D eigenvalue weighted by atomic mass is 16.5. The zero-order chi connectivity index (χ0) is 21.0. The fourth-order valence-corrected chi connectivity index (χ4v) is 5.19. The Morgan fingerprint density at radius 3 is 2.57 bits per heavy atom. The summed E-state index contributed by atoms with van der Waals surface area (Å²) in [5.74, 6) is 0.948. The van der Waals surface area contributed by atoms with Crippen LogP contribution in [0.25, 0.3) is 5.57 Å². The zero-order valence-electron chi connectivity index (χ0n) is 17.8. The van der Waals surface area contributed by atoms with Gasteiger partial charge in [-0.05, 0) is 78.9 Å². The van der Waals surface area contributed by atoms with Crippen LogP contribution in [0.2, 0.25) is 0 Å². The van der Waals surface area contributed by atoms with Crippen LogP contribution in [0.4, 0.5) is 0 Å². The molecule has 1 fully saturated rings. The monoisotopic (exact) mass is 398 g/mol. The number of ketones is 1. The molecule has 5 rings (SSSR count). The lowest BCUT2D eigenvalue weighted by molar-refractivity contribution is 0.105. The summed E-state index contributed by atoms with van der Waals surface area (Å²) in [7, 11) is 2.15. The maximum absolute atomic E-state index is 13.5. The van der Waals surface area contributed by atoms with Gasteiger partial charge in [0.2, 0.25) is 0 Å². The number of hydrogen-bond donors (Lipinski definition) is 0. The van der Waals surface area contributed by atoms with Gasteiger partial charge in [-0.3, -0.25) is 4.79 Å². The van der Waals surface area contributed by atoms with E-state index in [2.05, 4.69) is 37.9 Å². The van der Waals surface area contributed by atoms with Crippen LogP contribution in [0.1, 0.15) is 59.3 Å². The number of carbonyl (C=O) groups excluding carboxylic acids is 1. The Bertz CT molecular complexity index is 1130. The van der Waals surface area contributed by atoms with Gasteiger partial charge in [0.05, 0.1) is 11.6 Å². The summed E-state index contributed by atoms with van der Waals surface area (Å²) in [5, 5.41) is 9.26. The third-order valence-corrected chi connectivity index (χ3v) is 7.03. The molecular weight excluding hydrogens is 372 g/mol. The van der Waals surface area contributed by atoms with Crippen molar-refractivity contribution in [3.8, 4) is 11.8 Å². The molecule has 4 nitrogen and oxygen atoms in total. The van der Waals surface area contributed by atoms with E-state index in [9.17, 15) is 10.1 Å². The number of fused-ring (bicyclic) bond motifs is 3. The molecule has 1 saturated heterocycles. The number of hydrogen-bond acceptors (Lipinski definition) is 4. The minimum absolute atomic E-state index is 0.0913. The van der Waals surface area contributed by atoms with Crippen molar-refractivity contribution in [1.29, 1.82) is 5.26 Å². The minimum atomic E-state index is -0.267. The van der Waals surface area contributed by atoms with Crippen LogP contribution in [0.15, 0.2) is 42.0 Å². The number of allylic oxidation sites excluding steroid dienone is 2. The first-order valence-corrected chi connectivity index (χ1v) is 10.7. The van der Waals surface area contributed by atoms with E-state index >= 15 is 0 Å². The summed E-state index contributed by atoms with van der Waals surface area (Å²) >= 11 is 0. The second-order valence-corrected chi connectivity index (χ2v) is 9.30. The average molecular weight is 399 g/mol. The second kappa shape index (κ2) is 6.82. The van der Waals surface area contributed by atoms with Crippen molar-refractivity contribution in [1.82, 2.24) is 4.90 Å². The molecular formula is C26H26N2O2. The van der Waals surface area contributed by atoms with Crippen molar-refractivity contribution >= 4 is 11.4 Å². The zero-order valence-corrected chi connectivity index (χ0v) is 17.8. The van der Waals surface area contributed by atoms with Gasteiger partial charge in [-0.1, -0.05) is 19.9 Å². The van der Waals surface area contributed by atoms with E-state index in [1.54, 1.807) is 0 Å². The predicted molar refractivity (Wildman–Crippen MR) is 117 cm³/mol. The summed E-state index contributed by atoms with van der Waals surface area (Å²) < 4.78 is 6.31. The summed E-state index contributed by atoms with van der Waals surface area (Å²) in [4.78, 5) is 15.8. The summed E-state index contributed by atoms with van der Waals surface area (Å²) in [6, 6.07) is 13.9. The van der Waals surface area contributed by atoms with Gasteiger partial charge in [0, 0.05) is 29.6 Å². The number of ether oxygens (including phenoxy) is 1. The Kier molecular flexibility index (Phi) is 4.34. The van der Waals surface area contributed by atoms with Gasteiger partial charge < -0.3 is 9.64 Å². The predicted octanol–water partition coefficient (Wildman–Crippen LogP) is 4.52. The molecule has 1 aliphatic heterocycles. The highest BCUT2D eigenvalue weighted by Gasteiger charge is 2.43. The van der Waals surface area contributed by atoms with E-state index in [1.807, 2.05) is 30.3 Å². The molecule has 1 heterocycles. The molecule has 0 aromatic heterocycles. The summed E-state index contributed by atoms with van der Waals surface area (Å²) in [5.41, 5.74) is 6.24. The molecule has 3 aliphatic rings. The lowest BCUT2D eigenvalue weighted by atomic mass is 9.68. The highest BCUT2D eigenvalue weighted by molar-refractivity contribution is 6.33. The van der Waals surface area contributed by atoms with Crippen LogP contribution in [-0.2, 0) is 11.8 Å². The van der Waals surface area contributed by atoms with Gasteiger partial charge in [-0.2, -0.15) is 5.26 Å². The standard InChI is InChI=1S/C26H26N2O2/c1-26(2)22-14-19(30-18-8-10-28(3)11-9-18)5-7-21(22)25(29)24-20-6-4-16(15-27)12-17(20)13-23(24)26/h4-7,12,14,18H,8-11,13H2,1-3H3. The minimum Gasteiger partial charge on any atom is -0.490 e.